The molecule has 0 aliphatic heterocycles. The number of nitro benzene ring substituents is 2. The van der Waals surface area contributed by atoms with Gasteiger partial charge in [0.05, 0.1) is 21.0 Å². The summed E-state index contributed by atoms with van der Waals surface area (Å²) in [7, 11) is 0. The fraction of sp³-hybridized carbons (Fsp3) is 0.111. The third-order valence-corrected chi connectivity index (χ3v) is 2.99. The maximum absolute atomic E-state index is 10.2. The predicted octanol–water partition coefficient (Wildman–Crippen LogP) is 2.32. The standard InChI is InChI=1S/2C7H5NO4.C4H6O3/c2*9-4-5-3-6(8(11)12)1-2-7(5)10;1-3(5)7-4(2)6/h2*1-4,10H;1-2H3. The molecule has 2 rings (SSSR count). The Morgan fingerprint density at radius 2 is 1.13 bits per heavy atom. The van der Waals surface area contributed by atoms with Gasteiger partial charge in [-0.3, -0.25) is 39.4 Å². The monoisotopic (exact) mass is 436 g/mol. The van der Waals surface area contributed by atoms with Crippen molar-refractivity contribution in [3.8, 4) is 11.5 Å². The smallest absolute Gasteiger partial charge is 0.310 e. The van der Waals surface area contributed by atoms with E-state index in [1.165, 1.54) is 13.8 Å². The van der Waals surface area contributed by atoms with Crippen molar-refractivity contribution in [3.05, 3.63) is 67.8 Å². The highest BCUT2D eigenvalue weighted by Gasteiger charge is 2.09. The molecule has 13 heteroatoms. The number of ether oxygens (including phenoxy) is 1. The van der Waals surface area contributed by atoms with Crippen molar-refractivity contribution in [2.24, 2.45) is 0 Å². The first-order valence-electron chi connectivity index (χ1n) is 7.97. The Morgan fingerprint density at radius 3 is 1.32 bits per heavy atom. The van der Waals surface area contributed by atoms with Crippen LogP contribution >= 0.6 is 0 Å². The minimum atomic E-state index is -0.633. The molecule has 0 saturated carbocycles. The molecule has 0 atom stereocenters. The van der Waals surface area contributed by atoms with E-state index in [1.807, 2.05) is 0 Å². The summed E-state index contributed by atoms with van der Waals surface area (Å²) in [6, 6.07) is 6.51. The second-order valence-electron chi connectivity index (χ2n) is 5.32. The Bertz CT molecular complexity index is 922. The second kappa shape index (κ2) is 12.7. The van der Waals surface area contributed by atoms with E-state index in [2.05, 4.69) is 4.74 Å². The highest BCUT2D eigenvalue weighted by Crippen LogP contribution is 2.21. The second-order valence-corrected chi connectivity index (χ2v) is 5.32. The molecule has 0 saturated heterocycles. The number of esters is 2. The normalized spacial score (nSPS) is 8.97. The number of benzene rings is 2. The number of hydrogen-bond donors (Lipinski definition) is 2. The van der Waals surface area contributed by atoms with Gasteiger partial charge >= 0.3 is 11.9 Å². The molecule has 13 nitrogen and oxygen atoms in total. The van der Waals surface area contributed by atoms with Crippen LogP contribution < -0.4 is 0 Å². The third kappa shape index (κ3) is 9.89. The van der Waals surface area contributed by atoms with Crippen LogP contribution in [0.3, 0.4) is 0 Å². The predicted molar refractivity (Wildman–Crippen MR) is 103 cm³/mol. The Labute approximate surface area is 173 Å². The van der Waals surface area contributed by atoms with Gasteiger partial charge in [0.25, 0.3) is 11.4 Å². The number of carbonyl (C=O) groups excluding carboxylic acids is 4. The average Bonchev–Trinajstić information content (AvgIpc) is 2.68. The number of hydrogen-bond acceptors (Lipinski definition) is 11. The summed E-state index contributed by atoms with van der Waals surface area (Å²) in [5, 5.41) is 38.3. The zero-order valence-corrected chi connectivity index (χ0v) is 16.1. The Kier molecular flexibility index (Phi) is 10.8. The molecule has 2 aromatic rings. The maximum Gasteiger partial charge on any atom is 0.310 e. The summed E-state index contributed by atoms with van der Waals surface area (Å²) >= 11 is 0. The van der Waals surface area contributed by atoms with E-state index in [1.54, 1.807) is 0 Å². The van der Waals surface area contributed by atoms with Gasteiger partial charge in [-0.15, -0.1) is 0 Å². The van der Waals surface area contributed by atoms with Gasteiger partial charge in [-0.05, 0) is 12.1 Å². The molecule has 0 radical (unpaired) electrons. The molecular formula is C18H16N2O11. The third-order valence-electron chi connectivity index (χ3n) is 2.99. The van der Waals surface area contributed by atoms with Crippen molar-refractivity contribution in [1.82, 2.24) is 0 Å². The highest BCUT2D eigenvalue weighted by atomic mass is 16.6. The molecule has 2 N–H and O–H groups in total. The minimum Gasteiger partial charge on any atom is -0.507 e. The van der Waals surface area contributed by atoms with Gasteiger partial charge in [0.15, 0.2) is 12.6 Å². The zero-order valence-electron chi connectivity index (χ0n) is 16.1. The van der Waals surface area contributed by atoms with Gasteiger partial charge in [-0.25, -0.2) is 0 Å². The lowest BCUT2D eigenvalue weighted by molar-refractivity contribution is -0.385. The summed E-state index contributed by atoms with van der Waals surface area (Å²) in [5.41, 5.74) is -0.585. The average molecular weight is 436 g/mol. The highest BCUT2D eigenvalue weighted by molar-refractivity contribution is 5.82. The molecule has 164 valence electrons. The van der Waals surface area contributed by atoms with Crippen LogP contribution in [-0.2, 0) is 14.3 Å². The lowest BCUT2D eigenvalue weighted by atomic mass is 10.2. The van der Waals surface area contributed by atoms with Crippen LogP contribution in [-0.4, -0.2) is 44.6 Å². The van der Waals surface area contributed by atoms with Crippen molar-refractivity contribution in [2.45, 2.75) is 13.8 Å². The Hall–Kier alpha value is -4.68. The first-order chi connectivity index (χ1) is 14.4. The number of carbonyl (C=O) groups is 4. The van der Waals surface area contributed by atoms with Crippen molar-refractivity contribution in [3.63, 3.8) is 0 Å². The summed E-state index contributed by atoms with van der Waals surface area (Å²) < 4.78 is 3.97. The van der Waals surface area contributed by atoms with Gasteiger partial charge in [-0.2, -0.15) is 0 Å². The number of nitrogens with zero attached hydrogens (tertiary/aromatic N) is 2. The molecule has 0 amide bonds. The van der Waals surface area contributed by atoms with Gasteiger partial charge in [0, 0.05) is 38.1 Å². The van der Waals surface area contributed by atoms with E-state index < -0.39 is 21.8 Å². The SMILES string of the molecule is CC(=O)OC(C)=O.O=Cc1cc([N+](=O)[O-])ccc1O.O=Cc1cc([N+](=O)[O-])ccc1O. The van der Waals surface area contributed by atoms with E-state index in [0.717, 1.165) is 36.4 Å². The molecule has 2 aromatic carbocycles. The van der Waals surface area contributed by atoms with Gasteiger partial charge in [-0.1, -0.05) is 0 Å². The zero-order chi connectivity index (χ0) is 24.1. The summed E-state index contributed by atoms with van der Waals surface area (Å²) in [4.78, 5) is 59.2. The van der Waals surface area contributed by atoms with Crippen molar-refractivity contribution < 1.29 is 44.0 Å². The minimum absolute atomic E-state index is 0.0794. The van der Waals surface area contributed by atoms with Crippen molar-refractivity contribution >= 4 is 35.9 Å². The molecule has 0 heterocycles. The quantitative estimate of drug-likeness (QED) is 0.234. The molecule has 0 aromatic heterocycles. The Morgan fingerprint density at radius 1 is 0.806 bits per heavy atom. The van der Waals surface area contributed by atoms with Crippen LogP contribution in [0.4, 0.5) is 11.4 Å². The summed E-state index contributed by atoms with van der Waals surface area (Å²) in [5.74, 6) is -1.63. The van der Waals surface area contributed by atoms with Crippen LogP contribution in [0.1, 0.15) is 34.6 Å². The van der Waals surface area contributed by atoms with E-state index in [4.69, 9.17) is 10.2 Å². The summed E-state index contributed by atoms with van der Waals surface area (Å²) in [6.45, 7) is 2.36. The van der Waals surface area contributed by atoms with Crippen LogP contribution in [0.25, 0.3) is 0 Å². The molecule has 0 aliphatic rings. The molecule has 0 unspecified atom stereocenters. The lowest BCUT2D eigenvalue weighted by Crippen LogP contribution is -2.03. The molecular weight excluding hydrogens is 420 g/mol. The van der Waals surface area contributed by atoms with E-state index in [0.29, 0.717) is 12.6 Å². The first-order valence-corrected chi connectivity index (χ1v) is 7.97. The first kappa shape index (κ1) is 26.3. The number of non-ortho nitro benzene ring substituents is 2. The lowest BCUT2D eigenvalue weighted by Gasteiger charge is -1.95. The van der Waals surface area contributed by atoms with E-state index in [9.17, 15) is 39.4 Å². The number of rotatable bonds is 4. The molecule has 0 fully saturated rings. The number of aldehydes is 2. The van der Waals surface area contributed by atoms with Gasteiger partial charge < -0.3 is 14.9 Å². The van der Waals surface area contributed by atoms with Crippen LogP contribution in [0.5, 0.6) is 11.5 Å². The number of aromatic hydroxyl groups is 2. The van der Waals surface area contributed by atoms with Gasteiger partial charge in [0.2, 0.25) is 0 Å². The van der Waals surface area contributed by atoms with Crippen molar-refractivity contribution in [2.75, 3.05) is 0 Å². The topological polar surface area (TPSA) is 204 Å². The number of nitro groups is 2. The molecule has 31 heavy (non-hydrogen) atoms. The van der Waals surface area contributed by atoms with Gasteiger partial charge in [0.1, 0.15) is 11.5 Å². The maximum atomic E-state index is 10.2. The van der Waals surface area contributed by atoms with E-state index in [-0.39, 0.29) is 34.0 Å². The summed E-state index contributed by atoms with van der Waals surface area (Å²) in [6.07, 6.45) is 0.727. The van der Waals surface area contributed by atoms with E-state index >= 15 is 0 Å². The molecule has 0 spiro atoms. The largest absolute Gasteiger partial charge is 0.507 e. The molecule has 0 aliphatic carbocycles. The van der Waals surface area contributed by atoms with Crippen LogP contribution in [0.2, 0.25) is 0 Å². The number of phenolic OH excluding ortho intramolecular Hbond substituents is 2. The fourth-order valence-corrected chi connectivity index (χ4v) is 1.70. The van der Waals surface area contributed by atoms with Crippen molar-refractivity contribution in [1.29, 1.82) is 0 Å². The Balaban J connectivity index is 0.000000454. The van der Waals surface area contributed by atoms with Crippen LogP contribution in [0, 0.1) is 20.2 Å². The fourth-order valence-electron chi connectivity index (χ4n) is 1.70. The molecule has 0 bridgehead atoms. The number of phenols is 2. The van der Waals surface area contributed by atoms with Crippen LogP contribution in [0.15, 0.2) is 36.4 Å².